The van der Waals surface area contributed by atoms with E-state index in [9.17, 15) is 13.2 Å². The first-order valence-corrected chi connectivity index (χ1v) is 11.3. The van der Waals surface area contributed by atoms with Crippen LogP contribution in [0.3, 0.4) is 0 Å². The SMILES string of the molecule is Cc1nc(-c2cccc(NC(=O)CCN=C3NS(=O)(=O)c4ccccc43)c2)cs1. The van der Waals surface area contributed by atoms with Crippen LogP contribution in [0.1, 0.15) is 17.0 Å². The van der Waals surface area contributed by atoms with Gasteiger partial charge in [-0.1, -0.05) is 24.3 Å². The van der Waals surface area contributed by atoms with Crippen molar-refractivity contribution >= 4 is 38.8 Å². The molecule has 2 heterocycles. The van der Waals surface area contributed by atoms with Crippen molar-refractivity contribution in [3.05, 3.63) is 64.5 Å². The van der Waals surface area contributed by atoms with Gasteiger partial charge < -0.3 is 5.32 Å². The minimum Gasteiger partial charge on any atom is -0.326 e. The number of thiazole rings is 1. The van der Waals surface area contributed by atoms with E-state index in [0.29, 0.717) is 11.3 Å². The van der Waals surface area contributed by atoms with Gasteiger partial charge in [-0.15, -0.1) is 11.3 Å². The summed E-state index contributed by atoms with van der Waals surface area (Å²) in [6.07, 6.45) is 0.132. The first-order valence-electron chi connectivity index (χ1n) is 8.91. The third-order valence-electron chi connectivity index (χ3n) is 4.33. The molecule has 0 radical (unpaired) electrons. The molecule has 2 aromatic carbocycles. The normalized spacial score (nSPS) is 15.7. The molecular weight excluding hydrogens is 408 g/mol. The lowest BCUT2D eigenvalue weighted by molar-refractivity contribution is -0.116. The predicted octanol–water partition coefficient (Wildman–Crippen LogP) is 3.19. The van der Waals surface area contributed by atoms with Gasteiger partial charge >= 0.3 is 0 Å². The Morgan fingerprint density at radius 3 is 2.83 bits per heavy atom. The summed E-state index contributed by atoms with van der Waals surface area (Å²) in [4.78, 5) is 21.2. The Hall–Kier alpha value is -3.04. The average molecular weight is 427 g/mol. The maximum Gasteiger partial charge on any atom is 0.263 e. The molecule has 0 spiro atoms. The van der Waals surface area contributed by atoms with Gasteiger partial charge in [-0.2, -0.15) is 0 Å². The molecule has 1 aliphatic rings. The molecule has 0 aliphatic carbocycles. The van der Waals surface area contributed by atoms with Crippen molar-refractivity contribution in [1.29, 1.82) is 0 Å². The van der Waals surface area contributed by atoms with Crippen molar-refractivity contribution in [2.75, 3.05) is 11.9 Å². The minimum absolute atomic E-state index is 0.132. The number of anilines is 1. The molecule has 1 aliphatic heterocycles. The highest BCUT2D eigenvalue weighted by Crippen LogP contribution is 2.24. The fraction of sp³-hybridized carbons (Fsp3) is 0.150. The number of rotatable bonds is 5. The number of sulfonamides is 1. The number of aryl methyl sites for hydroxylation is 1. The van der Waals surface area contributed by atoms with Crippen molar-refractivity contribution in [1.82, 2.24) is 9.71 Å². The zero-order chi connectivity index (χ0) is 20.4. The van der Waals surface area contributed by atoms with Gasteiger partial charge in [0, 0.05) is 28.6 Å². The summed E-state index contributed by atoms with van der Waals surface area (Å²) < 4.78 is 26.6. The number of hydrogen-bond acceptors (Lipinski definition) is 6. The molecule has 29 heavy (non-hydrogen) atoms. The van der Waals surface area contributed by atoms with Gasteiger partial charge in [0.25, 0.3) is 10.0 Å². The smallest absolute Gasteiger partial charge is 0.263 e. The second kappa shape index (κ2) is 7.76. The van der Waals surface area contributed by atoms with Crippen LogP contribution in [0.5, 0.6) is 0 Å². The number of benzene rings is 2. The first-order chi connectivity index (χ1) is 13.9. The van der Waals surface area contributed by atoms with E-state index in [1.54, 1.807) is 29.5 Å². The maximum atomic E-state index is 12.3. The molecule has 9 heteroatoms. The molecule has 0 atom stereocenters. The highest BCUT2D eigenvalue weighted by molar-refractivity contribution is 7.90. The van der Waals surface area contributed by atoms with E-state index < -0.39 is 10.0 Å². The Morgan fingerprint density at radius 2 is 2.03 bits per heavy atom. The largest absolute Gasteiger partial charge is 0.326 e. The summed E-state index contributed by atoms with van der Waals surface area (Å²) in [6.45, 7) is 2.12. The highest BCUT2D eigenvalue weighted by atomic mass is 32.2. The van der Waals surface area contributed by atoms with Crippen LogP contribution in [0.2, 0.25) is 0 Å². The number of aliphatic imine (C=N–C) groups is 1. The molecular formula is C20H18N4O3S2. The Bertz CT molecular complexity index is 1220. The Labute approximate surface area is 172 Å². The molecule has 3 aromatic rings. The lowest BCUT2D eigenvalue weighted by Crippen LogP contribution is -2.23. The number of carbonyl (C=O) groups is 1. The summed E-state index contributed by atoms with van der Waals surface area (Å²) in [6, 6.07) is 14.1. The predicted molar refractivity (Wildman–Crippen MR) is 114 cm³/mol. The number of aromatic nitrogens is 1. The second-order valence-corrected chi connectivity index (χ2v) is 9.18. The molecule has 0 saturated heterocycles. The van der Waals surface area contributed by atoms with E-state index in [1.165, 1.54) is 6.07 Å². The lowest BCUT2D eigenvalue weighted by Gasteiger charge is -2.06. The molecule has 1 aromatic heterocycles. The second-order valence-electron chi connectivity index (χ2n) is 6.46. The van der Waals surface area contributed by atoms with Crippen LogP contribution in [0.15, 0.2) is 63.8 Å². The summed E-state index contributed by atoms with van der Waals surface area (Å²) in [5, 5.41) is 5.81. The third kappa shape index (κ3) is 4.20. The van der Waals surface area contributed by atoms with Crippen LogP contribution >= 0.6 is 11.3 Å². The van der Waals surface area contributed by atoms with Crippen molar-refractivity contribution in [3.8, 4) is 11.3 Å². The van der Waals surface area contributed by atoms with E-state index in [2.05, 4.69) is 20.0 Å². The van der Waals surface area contributed by atoms with Crippen LogP contribution in [-0.4, -0.2) is 31.7 Å². The van der Waals surface area contributed by atoms with Crippen LogP contribution in [0, 0.1) is 6.92 Å². The Balaban J connectivity index is 1.40. The molecule has 0 saturated carbocycles. The van der Waals surface area contributed by atoms with Crippen LogP contribution in [0.25, 0.3) is 11.3 Å². The van der Waals surface area contributed by atoms with Gasteiger partial charge in [-0.3, -0.25) is 14.5 Å². The van der Waals surface area contributed by atoms with Gasteiger partial charge in [0.15, 0.2) is 0 Å². The Kier molecular flexibility index (Phi) is 5.16. The quantitative estimate of drug-likeness (QED) is 0.654. The summed E-state index contributed by atoms with van der Waals surface area (Å²) in [5.41, 5.74) is 3.02. The van der Waals surface area contributed by atoms with E-state index in [1.807, 2.05) is 36.6 Å². The van der Waals surface area contributed by atoms with Crippen LogP contribution in [0.4, 0.5) is 5.69 Å². The molecule has 2 N–H and O–H groups in total. The fourth-order valence-electron chi connectivity index (χ4n) is 3.00. The zero-order valence-corrected chi connectivity index (χ0v) is 17.2. The van der Waals surface area contributed by atoms with E-state index in [4.69, 9.17) is 0 Å². The molecule has 148 valence electrons. The van der Waals surface area contributed by atoms with Gasteiger partial charge in [0.1, 0.15) is 5.84 Å². The third-order valence-corrected chi connectivity index (χ3v) is 6.50. The van der Waals surface area contributed by atoms with Crippen molar-refractivity contribution in [2.45, 2.75) is 18.2 Å². The fourth-order valence-corrected chi connectivity index (χ4v) is 4.87. The van der Waals surface area contributed by atoms with Crippen molar-refractivity contribution in [2.24, 2.45) is 4.99 Å². The number of amidine groups is 1. The number of nitrogens with one attached hydrogen (secondary N) is 2. The van der Waals surface area contributed by atoms with E-state index in [-0.39, 0.29) is 29.6 Å². The van der Waals surface area contributed by atoms with Gasteiger partial charge in [0.2, 0.25) is 5.91 Å². The zero-order valence-electron chi connectivity index (χ0n) is 15.5. The van der Waals surface area contributed by atoms with Gasteiger partial charge in [-0.05, 0) is 31.2 Å². The average Bonchev–Trinajstić information content (AvgIpc) is 3.24. The minimum atomic E-state index is -3.57. The van der Waals surface area contributed by atoms with Gasteiger partial charge in [0.05, 0.1) is 22.1 Å². The summed E-state index contributed by atoms with van der Waals surface area (Å²) in [5.74, 6) is 0.0735. The topological polar surface area (TPSA) is 101 Å². The lowest BCUT2D eigenvalue weighted by atomic mass is 10.1. The monoisotopic (exact) mass is 426 g/mol. The van der Waals surface area contributed by atoms with E-state index >= 15 is 0 Å². The van der Waals surface area contributed by atoms with Crippen LogP contribution in [-0.2, 0) is 14.8 Å². The molecule has 1 amide bonds. The van der Waals surface area contributed by atoms with Gasteiger partial charge in [-0.25, -0.2) is 13.4 Å². The standard InChI is InChI=1S/C20H18N4O3S2/c1-13-22-17(12-28-13)14-5-4-6-15(11-14)23-19(25)9-10-21-20-16-7-2-3-8-18(16)29(26,27)24-20/h2-8,11-12H,9-10H2,1H3,(H,21,24)(H,23,25). The van der Waals surface area contributed by atoms with Crippen molar-refractivity contribution in [3.63, 3.8) is 0 Å². The van der Waals surface area contributed by atoms with Crippen LogP contribution < -0.4 is 10.0 Å². The molecule has 0 fully saturated rings. The number of carbonyl (C=O) groups excluding carboxylic acids is 1. The first kappa shape index (κ1) is 19.3. The summed E-state index contributed by atoms with van der Waals surface area (Å²) in [7, 11) is -3.57. The summed E-state index contributed by atoms with van der Waals surface area (Å²) >= 11 is 1.58. The van der Waals surface area contributed by atoms with Crippen molar-refractivity contribution < 1.29 is 13.2 Å². The molecule has 0 bridgehead atoms. The molecule has 7 nitrogen and oxygen atoms in total. The number of hydrogen-bond donors (Lipinski definition) is 2. The maximum absolute atomic E-state index is 12.3. The number of amides is 1. The molecule has 0 unspecified atom stereocenters. The highest BCUT2D eigenvalue weighted by Gasteiger charge is 2.29. The number of fused-ring (bicyclic) bond motifs is 1. The Morgan fingerprint density at radius 1 is 1.21 bits per heavy atom. The molecule has 4 rings (SSSR count). The number of nitrogens with zero attached hydrogens (tertiary/aromatic N) is 2. The van der Waals surface area contributed by atoms with E-state index in [0.717, 1.165) is 16.3 Å².